The molecule has 0 N–H and O–H groups in total. The number of amides is 1. The molecule has 1 atom stereocenters. The van der Waals surface area contributed by atoms with E-state index in [0.717, 1.165) is 16.8 Å². The lowest BCUT2D eigenvalue weighted by Gasteiger charge is -2.43. The normalized spacial score (nSPS) is 13.2. The molecule has 200 valence electrons. The van der Waals surface area contributed by atoms with E-state index < -0.39 is 5.54 Å². The lowest BCUT2D eigenvalue weighted by Crippen LogP contribution is -2.52. The summed E-state index contributed by atoms with van der Waals surface area (Å²) in [5.41, 5.74) is 3.45. The van der Waals surface area contributed by atoms with Gasteiger partial charge in [0.2, 0.25) is 0 Å². The highest BCUT2D eigenvalue weighted by Gasteiger charge is 2.39. The lowest BCUT2D eigenvalue weighted by atomic mass is 9.89. The minimum Gasteiger partial charge on any atom is -0.326 e. The van der Waals surface area contributed by atoms with Crippen LogP contribution < -0.4 is 5.69 Å². The molecule has 0 spiro atoms. The van der Waals surface area contributed by atoms with Crippen molar-refractivity contribution in [3.63, 3.8) is 0 Å². The first-order valence-electron chi connectivity index (χ1n) is 12.9. The van der Waals surface area contributed by atoms with Crippen LogP contribution in [0.25, 0.3) is 5.52 Å². The third-order valence-electron chi connectivity index (χ3n) is 7.33. The Balaban J connectivity index is 1.96. The van der Waals surface area contributed by atoms with E-state index in [4.69, 9.17) is 11.6 Å². The quantitative estimate of drug-likeness (QED) is 0.299. The predicted molar refractivity (Wildman–Crippen MR) is 153 cm³/mol. The molecule has 1 amide bonds. The second-order valence-electron chi connectivity index (χ2n) is 10.3. The number of nitrogens with zero attached hydrogens (tertiary/aromatic N) is 5. The summed E-state index contributed by atoms with van der Waals surface area (Å²) in [6, 6.07) is 19.4. The van der Waals surface area contributed by atoms with Crippen molar-refractivity contribution in [2.75, 3.05) is 27.2 Å². The van der Waals surface area contributed by atoms with E-state index in [1.165, 1.54) is 4.52 Å². The average molecular weight is 534 g/mol. The Morgan fingerprint density at radius 3 is 2.29 bits per heavy atom. The van der Waals surface area contributed by atoms with Gasteiger partial charge in [-0.25, -0.2) is 4.79 Å². The summed E-state index contributed by atoms with van der Waals surface area (Å²) >= 11 is 6.63. The predicted octanol–water partition coefficient (Wildman–Crippen LogP) is 5.14. The number of halogens is 1. The maximum absolute atomic E-state index is 14.1. The molecule has 4 rings (SSSR count). The molecule has 38 heavy (non-hydrogen) atoms. The number of fused-ring (bicyclic) bond motifs is 1. The summed E-state index contributed by atoms with van der Waals surface area (Å²) in [6.45, 7) is 9.39. The third kappa shape index (κ3) is 5.26. The highest BCUT2D eigenvalue weighted by Crippen LogP contribution is 2.35. The molecular weight excluding hydrogens is 498 g/mol. The van der Waals surface area contributed by atoms with Crippen LogP contribution in [0.4, 0.5) is 0 Å². The molecule has 0 aliphatic heterocycles. The SMILES string of the molecule is CC[C@](C)(c1cc2c(Cl)c(C)nn2c(=O)n1Cc1ccccc1)N(CCN(C)C)C(=O)c1ccc(C)cc1. The number of aromatic nitrogens is 3. The van der Waals surface area contributed by atoms with Gasteiger partial charge in [0.1, 0.15) is 0 Å². The zero-order valence-electron chi connectivity index (χ0n) is 23.0. The molecule has 0 aliphatic carbocycles. The highest BCUT2D eigenvalue weighted by molar-refractivity contribution is 6.34. The summed E-state index contributed by atoms with van der Waals surface area (Å²) in [5.74, 6) is -0.0782. The second-order valence-corrected chi connectivity index (χ2v) is 10.7. The first-order chi connectivity index (χ1) is 18.1. The molecule has 8 heteroatoms. The molecular formula is C30H36ClN5O2. The van der Waals surface area contributed by atoms with E-state index in [0.29, 0.717) is 47.9 Å². The smallest absolute Gasteiger partial charge is 0.326 e. The van der Waals surface area contributed by atoms with Crippen LogP contribution in [0.15, 0.2) is 65.5 Å². The van der Waals surface area contributed by atoms with Crippen molar-refractivity contribution in [2.24, 2.45) is 0 Å². The fraction of sp³-hybridized carbons (Fsp3) is 0.367. The van der Waals surface area contributed by atoms with E-state index in [1.807, 2.05) is 93.5 Å². The maximum atomic E-state index is 14.1. The molecule has 0 saturated carbocycles. The van der Waals surface area contributed by atoms with Crippen LogP contribution in [-0.2, 0) is 12.1 Å². The number of hydrogen-bond donors (Lipinski definition) is 0. The average Bonchev–Trinajstić information content (AvgIpc) is 3.19. The number of benzene rings is 2. The van der Waals surface area contributed by atoms with Gasteiger partial charge in [0.25, 0.3) is 5.91 Å². The summed E-state index contributed by atoms with van der Waals surface area (Å²) < 4.78 is 3.10. The molecule has 0 radical (unpaired) electrons. The van der Waals surface area contributed by atoms with Gasteiger partial charge in [0.15, 0.2) is 0 Å². The molecule has 4 aromatic rings. The number of carbonyl (C=O) groups excluding carboxylic acids is 1. The van der Waals surface area contributed by atoms with Crippen molar-refractivity contribution in [2.45, 2.75) is 46.2 Å². The van der Waals surface area contributed by atoms with Crippen LogP contribution in [0.2, 0.25) is 5.02 Å². The Hall–Kier alpha value is -3.42. The van der Waals surface area contributed by atoms with Crippen LogP contribution in [0.3, 0.4) is 0 Å². The second kappa shape index (κ2) is 11.1. The molecule has 2 aromatic carbocycles. The largest absolute Gasteiger partial charge is 0.349 e. The molecule has 0 unspecified atom stereocenters. The van der Waals surface area contributed by atoms with Gasteiger partial charge in [-0.15, -0.1) is 0 Å². The molecule has 0 fully saturated rings. The summed E-state index contributed by atoms with van der Waals surface area (Å²) in [4.78, 5) is 32.0. The van der Waals surface area contributed by atoms with Crippen LogP contribution in [0, 0.1) is 13.8 Å². The van der Waals surface area contributed by atoms with Crippen LogP contribution in [-0.4, -0.2) is 57.1 Å². The lowest BCUT2D eigenvalue weighted by molar-refractivity contribution is 0.0442. The number of carbonyl (C=O) groups is 1. The number of likely N-dealkylation sites (N-methyl/N-ethyl adjacent to an activating group) is 1. The Morgan fingerprint density at radius 2 is 1.68 bits per heavy atom. The molecule has 0 bridgehead atoms. The Morgan fingerprint density at radius 1 is 1.03 bits per heavy atom. The van der Waals surface area contributed by atoms with E-state index in [2.05, 4.69) is 16.9 Å². The van der Waals surface area contributed by atoms with Crippen LogP contribution in [0.1, 0.15) is 53.1 Å². The first kappa shape index (κ1) is 27.6. The van der Waals surface area contributed by atoms with Crippen molar-refractivity contribution < 1.29 is 4.79 Å². The van der Waals surface area contributed by atoms with Gasteiger partial charge < -0.3 is 9.80 Å². The number of aryl methyl sites for hydroxylation is 2. The summed E-state index contributed by atoms with van der Waals surface area (Å²) in [6.07, 6.45) is 0.590. The van der Waals surface area contributed by atoms with E-state index in [-0.39, 0.29) is 11.6 Å². The van der Waals surface area contributed by atoms with Gasteiger partial charge >= 0.3 is 5.69 Å². The minimum absolute atomic E-state index is 0.0782. The van der Waals surface area contributed by atoms with Gasteiger partial charge in [0, 0.05) is 18.7 Å². The number of hydrogen-bond acceptors (Lipinski definition) is 4. The fourth-order valence-electron chi connectivity index (χ4n) is 4.82. The van der Waals surface area contributed by atoms with Crippen molar-refractivity contribution in [3.05, 3.63) is 104 Å². The first-order valence-corrected chi connectivity index (χ1v) is 13.3. The standard InChI is InChI=1S/C30H36ClN5O2/c1-7-30(4,35(18-17-33(5)6)28(37)24-15-13-21(2)14-16-24)26-19-25-27(31)22(3)32-36(25)29(38)34(26)20-23-11-9-8-10-12-23/h8-16,19H,7,17-18,20H2,1-6H3/t30-/m1/s1. The monoisotopic (exact) mass is 533 g/mol. The Bertz CT molecular complexity index is 1490. The highest BCUT2D eigenvalue weighted by atomic mass is 35.5. The van der Waals surface area contributed by atoms with E-state index >= 15 is 0 Å². The van der Waals surface area contributed by atoms with Crippen molar-refractivity contribution in [3.8, 4) is 0 Å². The summed E-state index contributed by atoms with van der Waals surface area (Å²) in [5, 5.41) is 4.87. The van der Waals surface area contributed by atoms with Gasteiger partial charge in [-0.05, 0) is 65.0 Å². The van der Waals surface area contributed by atoms with E-state index in [9.17, 15) is 9.59 Å². The van der Waals surface area contributed by atoms with Crippen molar-refractivity contribution in [1.82, 2.24) is 24.0 Å². The van der Waals surface area contributed by atoms with Gasteiger partial charge in [-0.3, -0.25) is 9.36 Å². The summed E-state index contributed by atoms with van der Waals surface area (Å²) in [7, 11) is 3.98. The molecule has 7 nitrogen and oxygen atoms in total. The molecule has 2 heterocycles. The van der Waals surface area contributed by atoms with Crippen LogP contribution >= 0.6 is 11.6 Å². The maximum Gasteiger partial charge on any atom is 0.349 e. The topological polar surface area (TPSA) is 62.9 Å². The van der Waals surface area contributed by atoms with Gasteiger partial charge in [0.05, 0.1) is 34.0 Å². The molecule has 0 aliphatic rings. The van der Waals surface area contributed by atoms with Crippen LogP contribution in [0.5, 0.6) is 0 Å². The Labute approximate surface area is 229 Å². The van der Waals surface area contributed by atoms with Gasteiger partial charge in [-0.2, -0.15) is 9.61 Å². The Kier molecular flexibility index (Phi) is 8.09. The zero-order chi connectivity index (χ0) is 27.6. The number of rotatable bonds is 9. The van der Waals surface area contributed by atoms with Crippen molar-refractivity contribution >= 4 is 23.0 Å². The van der Waals surface area contributed by atoms with Gasteiger partial charge in [-0.1, -0.05) is 66.6 Å². The fourth-order valence-corrected chi connectivity index (χ4v) is 4.99. The zero-order valence-corrected chi connectivity index (χ0v) is 23.8. The molecule has 2 aromatic heterocycles. The van der Waals surface area contributed by atoms with Crippen molar-refractivity contribution in [1.29, 1.82) is 0 Å². The minimum atomic E-state index is -0.810. The van der Waals surface area contributed by atoms with E-state index in [1.54, 1.807) is 11.5 Å². The third-order valence-corrected chi connectivity index (χ3v) is 7.80. The molecule has 0 saturated heterocycles.